The van der Waals surface area contributed by atoms with E-state index in [1.165, 1.54) is 6.20 Å². The van der Waals surface area contributed by atoms with E-state index in [0.717, 1.165) is 19.5 Å². The fraction of sp³-hybridized carbons (Fsp3) is 0.600. The van der Waals surface area contributed by atoms with Gasteiger partial charge in [0.15, 0.2) is 11.5 Å². The van der Waals surface area contributed by atoms with Crippen LogP contribution in [0.2, 0.25) is 0 Å². The van der Waals surface area contributed by atoms with Crippen LogP contribution in [0.5, 0.6) is 0 Å². The van der Waals surface area contributed by atoms with Gasteiger partial charge >= 0.3 is 0 Å². The van der Waals surface area contributed by atoms with Crippen molar-refractivity contribution in [2.24, 2.45) is 5.41 Å². The van der Waals surface area contributed by atoms with Crippen LogP contribution in [0.1, 0.15) is 32.9 Å². The molecule has 0 bridgehead atoms. The van der Waals surface area contributed by atoms with E-state index in [2.05, 4.69) is 16.0 Å². The molecule has 0 unspecified atom stereocenters. The lowest BCUT2D eigenvalue weighted by Crippen LogP contribution is -2.41. The highest BCUT2D eigenvalue weighted by molar-refractivity contribution is 5.81. The van der Waals surface area contributed by atoms with Gasteiger partial charge in [-0.15, -0.1) is 0 Å². The van der Waals surface area contributed by atoms with Gasteiger partial charge in [0.25, 0.3) is 0 Å². The SMILES string of the molecule is CC(C)(C)C(=O)N1CCCN(c2nccnc2C#N)CC1. The number of amides is 1. The Hall–Kier alpha value is -2.16. The number of nitriles is 1. The number of aromatic nitrogens is 2. The molecule has 1 aliphatic heterocycles. The normalized spacial score (nSPS) is 16.3. The first-order chi connectivity index (χ1) is 9.93. The topological polar surface area (TPSA) is 73.1 Å². The highest BCUT2D eigenvalue weighted by atomic mass is 16.2. The van der Waals surface area contributed by atoms with E-state index in [4.69, 9.17) is 5.26 Å². The standard InChI is InChI=1S/C15H21N5O/c1-15(2,3)14(21)20-8-4-7-19(9-10-20)13-12(11-16)17-5-6-18-13/h5-6H,4,7-10H2,1-3H3. The molecule has 1 saturated heterocycles. The number of anilines is 1. The maximum absolute atomic E-state index is 12.4. The molecule has 0 aliphatic carbocycles. The van der Waals surface area contributed by atoms with Gasteiger partial charge in [-0.3, -0.25) is 4.79 Å². The summed E-state index contributed by atoms with van der Waals surface area (Å²) in [7, 11) is 0. The Morgan fingerprint density at radius 1 is 1.19 bits per heavy atom. The highest BCUT2D eigenvalue weighted by Crippen LogP contribution is 2.21. The van der Waals surface area contributed by atoms with E-state index in [1.807, 2.05) is 30.6 Å². The van der Waals surface area contributed by atoms with Crippen LogP contribution in [0.25, 0.3) is 0 Å². The Labute approximate surface area is 125 Å². The van der Waals surface area contributed by atoms with Crippen molar-refractivity contribution in [3.63, 3.8) is 0 Å². The van der Waals surface area contributed by atoms with E-state index in [0.29, 0.717) is 24.6 Å². The van der Waals surface area contributed by atoms with Crippen LogP contribution in [0.4, 0.5) is 5.82 Å². The maximum Gasteiger partial charge on any atom is 0.228 e. The van der Waals surface area contributed by atoms with E-state index >= 15 is 0 Å². The van der Waals surface area contributed by atoms with Crippen molar-refractivity contribution in [1.82, 2.24) is 14.9 Å². The van der Waals surface area contributed by atoms with E-state index in [-0.39, 0.29) is 11.3 Å². The summed E-state index contributed by atoms with van der Waals surface area (Å²) in [6.45, 7) is 8.67. The van der Waals surface area contributed by atoms with Crippen molar-refractivity contribution in [3.8, 4) is 6.07 Å². The molecule has 6 nitrogen and oxygen atoms in total. The minimum atomic E-state index is -0.362. The molecule has 1 aliphatic rings. The molecule has 1 fully saturated rings. The smallest absolute Gasteiger partial charge is 0.228 e. The van der Waals surface area contributed by atoms with Gasteiger partial charge in [0, 0.05) is 44.0 Å². The Balaban J connectivity index is 2.11. The molecule has 0 atom stereocenters. The molecule has 0 saturated carbocycles. The maximum atomic E-state index is 12.4. The predicted molar refractivity (Wildman–Crippen MR) is 79.6 cm³/mol. The first kappa shape index (κ1) is 15.2. The fourth-order valence-corrected chi connectivity index (χ4v) is 2.45. The molecule has 1 aromatic rings. The van der Waals surface area contributed by atoms with Crippen molar-refractivity contribution in [2.45, 2.75) is 27.2 Å². The second-order valence-electron chi connectivity index (χ2n) is 6.22. The molecule has 6 heteroatoms. The van der Waals surface area contributed by atoms with Crippen LogP contribution in [0.15, 0.2) is 12.4 Å². The number of hydrogen-bond donors (Lipinski definition) is 0. The lowest BCUT2D eigenvalue weighted by Gasteiger charge is -2.28. The zero-order chi connectivity index (χ0) is 15.5. The molecule has 1 aromatic heterocycles. The first-order valence-corrected chi connectivity index (χ1v) is 7.19. The molecule has 2 heterocycles. The monoisotopic (exact) mass is 287 g/mol. The third kappa shape index (κ3) is 3.48. The first-order valence-electron chi connectivity index (χ1n) is 7.19. The Morgan fingerprint density at radius 2 is 1.90 bits per heavy atom. The van der Waals surface area contributed by atoms with Gasteiger partial charge in [0.05, 0.1) is 0 Å². The third-order valence-electron chi connectivity index (χ3n) is 3.51. The van der Waals surface area contributed by atoms with E-state index in [9.17, 15) is 4.79 Å². The highest BCUT2D eigenvalue weighted by Gasteiger charge is 2.29. The molecular weight excluding hydrogens is 266 g/mol. The molecule has 21 heavy (non-hydrogen) atoms. The summed E-state index contributed by atoms with van der Waals surface area (Å²) in [5.74, 6) is 0.786. The summed E-state index contributed by atoms with van der Waals surface area (Å²) < 4.78 is 0. The summed E-state index contributed by atoms with van der Waals surface area (Å²) >= 11 is 0. The third-order valence-corrected chi connectivity index (χ3v) is 3.51. The number of carbonyl (C=O) groups excluding carboxylic acids is 1. The molecule has 2 rings (SSSR count). The molecule has 0 radical (unpaired) electrons. The van der Waals surface area contributed by atoms with Crippen LogP contribution in [0.3, 0.4) is 0 Å². The largest absolute Gasteiger partial charge is 0.352 e. The quantitative estimate of drug-likeness (QED) is 0.781. The minimum Gasteiger partial charge on any atom is -0.352 e. The van der Waals surface area contributed by atoms with Crippen LogP contribution < -0.4 is 4.90 Å². The Bertz CT molecular complexity index is 558. The number of nitrogens with zero attached hydrogens (tertiary/aromatic N) is 5. The summed E-state index contributed by atoms with van der Waals surface area (Å²) in [5.41, 5.74) is -0.0207. The van der Waals surface area contributed by atoms with Crippen molar-refractivity contribution < 1.29 is 4.79 Å². The van der Waals surface area contributed by atoms with Gasteiger partial charge < -0.3 is 9.80 Å². The summed E-state index contributed by atoms with van der Waals surface area (Å²) in [6.07, 6.45) is 3.98. The average molecular weight is 287 g/mol. The molecule has 1 amide bonds. The fourth-order valence-electron chi connectivity index (χ4n) is 2.45. The second kappa shape index (κ2) is 6.08. The van der Waals surface area contributed by atoms with Gasteiger partial charge in [0.1, 0.15) is 6.07 Å². The van der Waals surface area contributed by atoms with Crippen LogP contribution in [-0.4, -0.2) is 47.0 Å². The molecular formula is C15H21N5O. The predicted octanol–water partition coefficient (Wildman–Crippen LogP) is 1.43. The minimum absolute atomic E-state index is 0.170. The average Bonchev–Trinajstić information content (AvgIpc) is 2.71. The summed E-state index contributed by atoms with van der Waals surface area (Å²) in [6, 6.07) is 2.08. The molecule has 0 N–H and O–H groups in total. The number of rotatable bonds is 1. The lowest BCUT2D eigenvalue weighted by atomic mass is 9.94. The van der Waals surface area contributed by atoms with Crippen molar-refractivity contribution >= 4 is 11.7 Å². The molecule has 0 spiro atoms. The van der Waals surface area contributed by atoms with E-state index in [1.54, 1.807) is 6.20 Å². The Morgan fingerprint density at radius 3 is 2.57 bits per heavy atom. The number of hydrogen-bond acceptors (Lipinski definition) is 5. The van der Waals surface area contributed by atoms with Crippen molar-refractivity contribution in [1.29, 1.82) is 5.26 Å². The lowest BCUT2D eigenvalue weighted by molar-refractivity contribution is -0.139. The van der Waals surface area contributed by atoms with Crippen LogP contribution in [0, 0.1) is 16.7 Å². The summed E-state index contributed by atoms with van der Waals surface area (Å²) in [4.78, 5) is 24.6. The van der Waals surface area contributed by atoms with Gasteiger partial charge in [-0.1, -0.05) is 20.8 Å². The zero-order valence-corrected chi connectivity index (χ0v) is 12.8. The van der Waals surface area contributed by atoms with Crippen LogP contribution >= 0.6 is 0 Å². The molecule has 0 aromatic carbocycles. The van der Waals surface area contributed by atoms with Crippen LogP contribution in [-0.2, 0) is 4.79 Å². The second-order valence-corrected chi connectivity index (χ2v) is 6.22. The van der Waals surface area contributed by atoms with Crippen molar-refractivity contribution in [2.75, 3.05) is 31.1 Å². The number of carbonyl (C=O) groups is 1. The van der Waals surface area contributed by atoms with Gasteiger partial charge in [-0.05, 0) is 6.42 Å². The van der Waals surface area contributed by atoms with Gasteiger partial charge in [0.2, 0.25) is 5.91 Å². The molecule has 112 valence electrons. The van der Waals surface area contributed by atoms with Gasteiger partial charge in [-0.25, -0.2) is 9.97 Å². The summed E-state index contributed by atoms with van der Waals surface area (Å²) in [5, 5.41) is 9.12. The Kier molecular flexibility index (Phi) is 4.41. The zero-order valence-electron chi connectivity index (χ0n) is 12.8. The van der Waals surface area contributed by atoms with Crippen molar-refractivity contribution in [3.05, 3.63) is 18.1 Å². The van der Waals surface area contributed by atoms with E-state index < -0.39 is 0 Å². The van der Waals surface area contributed by atoms with Gasteiger partial charge in [-0.2, -0.15) is 5.26 Å².